The number of halogens is 2. The first-order chi connectivity index (χ1) is 10.6. The van der Waals surface area contributed by atoms with Crippen molar-refractivity contribution in [3.8, 4) is 0 Å². The van der Waals surface area contributed by atoms with Gasteiger partial charge in [-0.25, -0.2) is 4.79 Å². The Hall–Kier alpha value is -0.970. The van der Waals surface area contributed by atoms with Crippen molar-refractivity contribution in [3.05, 3.63) is 33.8 Å². The molecule has 0 aliphatic heterocycles. The van der Waals surface area contributed by atoms with Gasteiger partial charge in [0, 0.05) is 12.0 Å². The van der Waals surface area contributed by atoms with Gasteiger partial charge in [0.05, 0.1) is 16.7 Å². The van der Waals surface area contributed by atoms with Crippen LogP contribution in [0.3, 0.4) is 0 Å². The number of aliphatic hydroxyl groups is 1. The third kappa shape index (κ3) is 6.58. The lowest BCUT2D eigenvalue weighted by Gasteiger charge is -2.31. The summed E-state index contributed by atoms with van der Waals surface area (Å²) in [7, 11) is 0. The second-order valence-corrected chi connectivity index (χ2v) is 7.61. The molecule has 0 radical (unpaired) electrons. The largest absolute Gasteiger partial charge is 0.444 e. The molecule has 0 aliphatic carbocycles. The Balaban J connectivity index is 2.78. The molecule has 0 saturated heterocycles. The van der Waals surface area contributed by atoms with Crippen molar-refractivity contribution in [2.75, 3.05) is 13.2 Å². The zero-order chi connectivity index (χ0) is 17.7. The summed E-state index contributed by atoms with van der Waals surface area (Å²) in [5.41, 5.74) is -0.0723. The predicted octanol–water partition coefficient (Wildman–Crippen LogP) is 4.45. The van der Waals surface area contributed by atoms with E-state index in [2.05, 4.69) is 5.32 Å². The van der Waals surface area contributed by atoms with Gasteiger partial charge in [0.1, 0.15) is 5.60 Å². The van der Waals surface area contributed by atoms with E-state index in [4.69, 9.17) is 27.9 Å². The quantitative estimate of drug-likeness (QED) is 0.786. The van der Waals surface area contributed by atoms with Gasteiger partial charge in [0.2, 0.25) is 0 Å². The molecule has 0 aromatic heterocycles. The van der Waals surface area contributed by atoms with Gasteiger partial charge in [-0.1, -0.05) is 36.2 Å². The van der Waals surface area contributed by atoms with E-state index in [1.807, 2.05) is 13.0 Å². The zero-order valence-corrected chi connectivity index (χ0v) is 15.6. The molecule has 4 nitrogen and oxygen atoms in total. The molecule has 0 bridgehead atoms. The third-order valence-corrected chi connectivity index (χ3v) is 4.39. The van der Waals surface area contributed by atoms with E-state index in [1.165, 1.54) is 0 Å². The molecule has 1 rings (SSSR count). The van der Waals surface area contributed by atoms with Crippen molar-refractivity contribution < 1.29 is 14.6 Å². The molecule has 23 heavy (non-hydrogen) atoms. The van der Waals surface area contributed by atoms with Crippen molar-refractivity contribution in [1.82, 2.24) is 5.32 Å². The number of carbonyl (C=O) groups is 1. The SMILES string of the molecule is CCC(CO)(CNC(=O)OC(C)(C)C)Cc1ccc(Cl)c(Cl)c1. The number of hydrogen-bond acceptors (Lipinski definition) is 3. The fraction of sp³-hybridized carbons (Fsp3) is 0.588. The Morgan fingerprint density at radius 1 is 1.26 bits per heavy atom. The van der Waals surface area contributed by atoms with Gasteiger partial charge in [0.25, 0.3) is 0 Å². The number of alkyl carbamates (subject to hydrolysis) is 1. The summed E-state index contributed by atoms with van der Waals surface area (Å²) >= 11 is 12.0. The summed E-state index contributed by atoms with van der Waals surface area (Å²) in [6.45, 7) is 7.66. The monoisotopic (exact) mass is 361 g/mol. The molecule has 1 atom stereocenters. The smallest absolute Gasteiger partial charge is 0.407 e. The van der Waals surface area contributed by atoms with Gasteiger partial charge in [-0.15, -0.1) is 0 Å². The summed E-state index contributed by atoms with van der Waals surface area (Å²) in [4.78, 5) is 11.8. The van der Waals surface area contributed by atoms with Gasteiger partial charge in [-0.3, -0.25) is 0 Å². The number of carbonyl (C=O) groups excluding carboxylic acids is 1. The summed E-state index contributed by atoms with van der Waals surface area (Å²) in [5, 5.41) is 13.6. The molecular weight excluding hydrogens is 337 g/mol. The van der Waals surface area contributed by atoms with Crippen LogP contribution in [0.4, 0.5) is 4.79 Å². The maximum absolute atomic E-state index is 11.8. The van der Waals surface area contributed by atoms with Crippen LogP contribution in [-0.2, 0) is 11.2 Å². The molecule has 1 aromatic carbocycles. The standard InChI is InChI=1S/C17H25Cl2NO3/c1-5-17(11-21,10-20-15(22)23-16(2,3)4)9-12-6-7-13(18)14(19)8-12/h6-8,21H,5,9-11H2,1-4H3,(H,20,22). The number of hydrogen-bond donors (Lipinski definition) is 2. The molecule has 0 fully saturated rings. The first-order valence-electron chi connectivity index (χ1n) is 7.62. The second-order valence-electron chi connectivity index (χ2n) is 6.79. The van der Waals surface area contributed by atoms with E-state index in [0.717, 1.165) is 5.56 Å². The first-order valence-corrected chi connectivity index (χ1v) is 8.38. The average molecular weight is 362 g/mol. The lowest BCUT2D eigenvalue weighted by Crippen LogP contribution is -2.43. The van der Waals surface area contributed by atoms with Gasteiger partial charge < -0.3 is 15.2 Å². The molecule has 1 amide bonds. The number of benzene rings is 1. The van der Waals surface area contributed by atoms with Crippen molar-refractivity contribution in [3.63, 3.8) is 0 Å². The molecule has 0 heterocycles. The van der Waals surface area contributed by atoms with Crippen LogP contribution in [0, 0.1) is 5.41 Å². The highest BCUT2D eigenvalue weighted by molar-refractivity contribution is 6.42. The minimum Gasteiger partial charge on any atom is -0.444 e. The van der Waals surface area contributed by atoms with Gasteiger partial charge in [-0.2, -0.15) is 0 Å². The van der Waals surface area contributed by atoms with Crippen LogP contribution in [0.1, 0.15) is 39.7 Å². The van der Waals surface area contributed by atoms with E-state index in [1.54, 1.807) is 32.9 Å². The molecule has 1 aromatic rings. The van der Waals surface area contributed by atoms with E-state index in [9.17, 15) is 9.90 Å². The van der Waals surface area contributed by atoms with Crippen molar-refractivity contribution >= 4 is 29.3 Å². The normalized spacial score (nSPS) is 14.2. The molecule has 0 aliphatic rings. The maximum Gasteiger partial charge on any atom is 0.407 e. The number of nitrogens with one attached hydrogen (secondary N) is 1. The fourth-order valence-corrected chi connectivity index (χ4v) is 2.51. The van der Waals surface area contributed by atoms with E-state index >= 15 is 0 Å². The van der Waals surface area contributed by atoms with Gasteiger partial charge in [-0.05, 0) is 51.3 Å². The Kier molecular flexibility index (Phi) is 7.18. The van der Waals surface area contributed by atoms with Crippen LogP contribution in [0.15, 0.2) is 18.2 Å². The summed E-state index contributed by atoms with van der Waals surface area (Å²) in [5.74, 6) is 0. The molecule has 6 heteroatoms. The number of ether oxygens (including phenoxy) is 1. The van der Waals surface area contributed by atoms with Gasteiger partial charge >= 0.3 is 6.09 Å². The highest BCUT2D eigenvalue weighted by Crippen LogP contribution is 2.30. The first kappa shape index (κ1) is 20.1. The van der Waals surface area contributed by atoms with Crippen molar-refractivity contribution in [2.45, 2.75) is 46.1 Å². The van der Waals surface area contributed by atoms with Crippen molar-refractivity contribution in [1.29, 1.82) is 0 Å². The third-order valence-electron chi connectivity index (χ3n) is 3.66. The number of rotatable bonds is 6. The van der Waals surface area contributed by atoms with Crippen LogP contribution in [0.5, 0.6) is 0 Å². The summed E-state index contributed by atoms with van der Waals surface area (Å²) in [6, 6.07) is 5.40. The van der Waals surface area contributed by atoms with Crippen LogP contribution >= 0.6 is 23.2 Å². The van der Waals surface area contributed by atoms with Gasteiger partial charge in [0.15, 0.2) is 0 Å². The molecule has 2 N–H and O–H groups in total. The maximum atomic E-state index is 11.8. The van der Waals surface area contributed by atoms with Crippen LogP contribution in [0.2, 0.25) is 10.0 Å². The Morgan fingerprint density at radius 3 is 2.39 bits per heavy atom. The molecule has 1 unspecified atom stereocenters. The predicted molar refractivity (Wildman–Crippen MR) is 94.2 cm³/mol. The zero-order valence-electron chi connectivity index (χ0n) is 14.1. The average Bonchev–Trinajstić information content (AvgIpc) is 2.45. The molecular formula is C17H25Cl2NO3. The number of aliphatic hydroxyl groups excluding tert-OH is 1. The second kappa shape index (κ2) is 8.22. The Labute approximate surface area is 148 Å². The van der Waals surface area contributed by atoms with E-state index in [0.29, 0.717) is 29.4 Å². The minimum absolute atomic E-state index is 0.0560. The highest BCUT2D eigenvalue weighted by atomic mass is 35.5. The lowest BCUT2D eigenvalue weighted by molar-refractivity contribution is 0.0461. The highest BCUT2D eigenvalue weighted by Gasteiger charge is 2.29. The summed E-state index contributed by atoms with van der Waals surface area (Å²) < 4.78 is 5.24. The van der Waals surface area contributed by atoms with E-state index < -0.39 is 17.1 Å². The van der Waals surface area contributed by atoms with Crippen LogP contribution in [0.25, 0.3) is 0 Å². The Morgan fingerprint density at radius 2 is 1.91 bits per heavy atom. The topological polar surface area (TPSA) is 58.6 Å². The molecule has 0 saturated carbocycles. The van der Waals surface area contributed by atoms with Crippen molar-refractivity contribution in [2.24, 2.45) is 5.41 Å². The van der Waals surface area contributed by atoms with Crippen LogP contribution in [-0.4, -0.2) is 30.0 Å². The lowest BCUT2D eigenvalue weighted by atomic mass is 9.80. The van der Waals surface area contributed by atoms with E-state index in [-0.39, 0.29) is 6.61 Å². The Bertz CT molecular complexity index is 537. The number of amides is 1. The minimum atomic E-state index is -0.554. The molecule has 0 spiro atoms. The fourth-order valence-electron chi connectivity index (χ4n) is 2.19. The molecule has 130 valence electrons. The van der Waals surface area contributed by atoms with Crippen LogP contribution < -0.4 is 5.32 Å². The summed E-state index contributed by atoms with van der Waals surface area (Å²) in [6.07, 6.45) is 0.782.